The van der Waals surface area contributed by atoms with E-state index in [1.165, 1.54) is 76.5 Å². The van der Waals surface area contributed by atoms with Crippen LogP contribution in [0.15, 0.2) is 162 Å². The maximum atomic E-state index is 6.32. The van der Waals surface area contributed by atoms with Crippen LogP contribution in [0.25, 0.3) is 89.0 Å². The quantitative estimate of drug-likeness (QED) is 0.191. The summed E-state index contributed by atoms with van der Waals surface area (Å²) < 4.78 is 6.32. The van der Waals surface area contributed by atoms with E-state index in [1.54, 1.807) is 0 Å². The normalized spacial score (nSPS) is 16.1. The maximum absolute atomic E-state index is 6.32. The molecule has 0 saturated carbocycles. The molecular formula is C48H30O. The molecule has 0 aliphatic heterocycles. The molecule has 0 N–H and O–H groups in total. The van der Waals surface area contributed by atoms with Crippen LogP contribution in [-0.4, -0.2) is 0 Å². The van der Waals surface area contributed by atoms with E-state index >= 15 is 0 Å². The molecule has 1 nitrogen and oxygen atoms in total. The minimum Gasteiger partial charge on any atom is -0.456 e. The smallest absolute Gasteiger partial charge is 0.136 e. The predicted molar refractivity (Wildman–Crippen MR) is 205 cm³/mol. The van der Waals surface area contributed by atoms with Gasteiger partial charge in [0.2, 0.25) is 0 Å². The van der Waals surface area contributed by atoms with Crippen molar-refractivity contribution in [2.75, 3.05) is 0 Å². The zero-order valence-corrected chi connectivity index (χ0v) is 26.7. The Hall–Kier alpha value is -6.18. The highest BCUT2D eigenvalue weighted by molar-refractivity contribution is 6.11. The van der Waals surface area contributed by atoms with Crippen molar-refractivity contribution in [1.29, 1.82) is 0 Å². The lowest BCUT2D eigenvalue weighted by Gasteiger charge is -2.19. The molecule has 1 heteroatoms. The number of benzene rings is 8. The van der Waals surface area contributed by atoms with Gasteiger partial charge in [0.25, 0.3) is 0 Å². The van der Waals surface area contributed by atoms with Crippen molar-refractivity contribution in [2.45, 2.75) is 11.8 Å². The highest BCUT2D eigenvalue weighted by Gasteiger charge is 2.34. The predicted octanol–water partition coefficient (Wildman–Crippen LogP) is 11.3. The molecule has 0 saturated heterocycles. The lowest BCUT2D eigenvalue weighted by Crippen LogP contribution is -2.29. The topological polar surface area (TPSA) is 13.1 Å². The minimum atomic E-state index is 0.314. The van der Waals surface area contributed by atoms with Crippen LogP contribution < -0.4 is 10.4 Å². The first-order chi connectivity index (χ1) is 24.2. The van der Waals surface area contributed by atoms with Crippen molar-refractivity contribution in [3.8, 4) is 33.4 Å². The van der Waals surface area contributed by atoms with Crippen molar-refractivity contribution in [1.82, 2.24) is 0 Å². The molecule has 2 aliphatic carbocycles. The van der Waals surface area contributed by atoms with Crippen LogP contribution in [0.4, 0.5) is 0 Å². The minimum absolute atomic E-state index is 0.314. The summed E-state index contributed by atoms with van der Waals surface area (Å²) in [5.41, 5.74) is 12.1. The molecule has 1 aromatic heterocycles. The van der Waals surface area contributed by atoms with E-state index < -0.39 is 0 Å². The van der Waals surface area contributed by atoms with Gasteiger partial charge >= 0.3 is 0 Å². The average Bonchev–Trinajstić information content (AvgIpc) is 3.67. The lowest BCUT2D eigenvalue weighted by atomic mass is 9.84. The molecule has 0 fully saturated rings. The summed E-state index contributed by atoms with van der Waals surface area (Å²) in [5.74, 6) is 0.640. The summed E-state index contributed by atoms with van der Waals surface area (Å²) >= 11 is 0. The van der Waals surface area contributed by atoms with E-state index in [4.69, 9.17) is 4.42 Å². The van der Waals surface area contributed by atoms with Gasteiger partial charge in [0, 0.05) is 22.6 Å². The van der Waals surface area contributed by atoms with Crippen LogP contribution in [0.3, 0.4) is 0 Å². The summed E-state index contributed by atoms with van der Waals surface area (Å²) in [4.78, 5) is 0. The van der Waals surface area contributed by atoms with Crippen molar-refractivity contribution in [2.24, 2.45) is 0 Å². The van der Waals surface area contributed by atoms with E-state index in [2.05, 4.69) is 170 Å². The molecule has 11 rings (SSSR count). The van der Waals surface area contributed by atoms with Gasteiger partial charge in [-0.2, -0.15) is 0 Å². The van der Waals surface area contributed by atoms with E-state index in [1.807, 2.05) is 0 Å². The van der Waals surface area contributed by atoms with Crippen molar-refractivity contribution in [3.05, 3.63) is 179 Å². The number of hydrogen-bond donors (Lipinski definition) is 0. The average molecular weight is 623 g/mol. The van der Waals surface area contributed by atoms with Crippen LogP contribution in [-0.2, 0) is 0 Å². The summed E-state index contributed by atoms with van der Waals surface area (Å²) in [5, 5.41) is 10.1. The molecule has 2 unspecified atom stereocenters. The summed E-state index contributed by atoms with van der Waals surface area (Å²) in [7, 11) is 0. The highest BCUT2D eigenvalue weighted by Crippen LogP contribution is 2.51. The Morgan fingerprint density at radius 1 is 0.347 bits per heavy atom. The molecule has 0 amide bonds. The number of hydrogen-bond acceptors (Lipinski definition) is 1. The first-order valence-electron chi connectivity index (χ1n) is 17.2. The van der Waals surface area contributed by atoms with Crippen LogP contribution in [0.2, 0.25) is 0 Å². The lowest BCUT2D eigenvalue weighted by molar-refractivity contribution is 0.669. The molecular weight excluding hydrogens is 593 g/mol. The third-order valence-electron chi connectivity index (χ3n) is 10.9. The Bertz CT molecular complexity index is 2940. The van der Waals surface area contributed by atoms with Crippen LogP contribution >= 0.6 is 0 Å². The maximum Gasteiger partial charge on any atom is 0.136 e. The molecule has 49 heavy (non-hydrogen) atoms. The zero-order valence-electron chi connectivity index (χ0n) is 26.7. The SMILES string of the molecule is C1=c2ccccc2=CC2c3cc(-c4cccc(-c5ccc6oc7cc8ccccc8cc7c6c5)c4)cc4cc(-c5ccccc5)cc(c34)C12. The van der Waals surface area contributed by atoms with Crippen LogP contribution in [0.1, 0.15) is 23.0 Å². The Morgan fingerprint density at radius 2 is 0.918 bits per heavy atom. The van der Waals surface area contributed by atoms with E-state index in [9.17, 15) is 0 Å². The first-order valence-corrected chi connectivity index (χ1v) is 17.2. The second kappa shape index (κ2) is 10.2. The molecule has 2 atom stereocenters. The van der Waals surface area contributed by atoms with Gasteiger partial charge in [-0.25, -0.2) is 0 Å². The Labute approximate surface area is 283 Å². The first kappa shape index (κ1) is 26.8. The third-order valence-corrected chi connectivity index (χ3v) is 10.9. The van der Waals surface area contributed by atoms with Gasteiger partial charge in [-0.1, -0.05) is 115 Å². The van der Waals surface area contributed by atoms with Gasteiger partial charge in [-0.15, -0.1) is 0 Å². The Kier molecular flexibility index (Phi) is 5.57. The molecule has 0 radical (unpaired) electrons. The number of rotatable bonds is 3. The Balaban J connectivity index is 1.08. The van der Waals surface area contributed by atoms with Crippen molar-refractivity contribution < 1.29 is 4.42 Å². The molecule has 1 heterocycles. The second-order valence-corrected chi connectivity index (χ2v) is 13.7. The van der Waals surface area contributed by atoms with Gasteiger partial charge in [0.15, 0.2) is 0 Å². The van der Waals surface area contributed by atoms with E-state index in [0.717, 1.165) is 21.9 Å². The van der Waals surface area contributed by atoms with Crippen LogP contribution in [0, 0.1) is 0 Å². The zero-order chi connectivity index (χ0) is 32.1. The molecule has 9 aromatic rings. The van der Waals surface area contributed by atoms with Crippen molar-refractivity contribution in [3.63, 3.8) is 0 Å². The van der Waals surface area contributed by atoms with Crippen molar-refractivity contribution >= 4 is 55.6 Å². The second-order valence-electron chi connectivity index (χ2n) is 13.7. The van der Waals surface area contributed by atoms with E-state index in [0.29, 0.717) is 11.8 Å². The molecule has 8 aromatic carbocycles. The standard InChI is InChI=1S/C48H30O/c1-2-9-29(10-3-1)37-20-39-21-38(27-45-41-23-33-12-5-4-11-32(33)22-40(41)44(26-37)48(39)45)31-16-8-15-30(19-31)36-17-18-46-42(25-36)43-24-34-13-6-7-14-35(34)28-47(43)49-46/h1-28,40-41H. The number of furan rings is 1. The summed E-state index contributed by atoms with van der Waals surface area (Å²) in [6, 6.07) is 57.9. The fraction of sp³-hybridized carbons (Fsp3) is 0.0417. The fourth-order valence-electron chi connectivity index (χ4n) is 8.57. The van der Waals surface area contributed by atoms with Gasteiger partial charge in [0.05, 0.1) is 0 Å². The van der Waals surface area contributed by atoms with Gasteiger partial charge in [-0.3, -0.25) is 0 Å². The number of fused-ring (bicyclic) bond motifs is 8. The largest absolute Gasteiger partial charge is 0.456 e. The molecule has 228 valence electrons. The van der Waals surface area contributed by atoms with Gasteiger partial charge in [-0.05, 0) is 131 Å². The monoisotopic (exact) mass is 622 g/mol. The van der Waals surface area contributed by atoms with E-state index in [-0.39, 0.29) is 0 Å². The van der Waals surface area contributed by atoms with Gasteiger partial charge < -0.3 is 4.42 Å². The molecule has 0 spiro atoms. The fourth-order valence-corrected chi connectivity index (χ4v) is 8.57. The summed E-state index contributed by atoms with van der Waals surface area (Å²) in [6.45, 7) is 0. The molecule has 0 bridgehead atoms. The molecule has 2 aliphatic rings. The van der Waals surface area contributed by atoms with Gasteiger partial charge in [0.1, 0.15) is 11.2 Å². The van der Waals surface area contributed by atoms with Crippen LogP contribution in [0.5, 0.6) is 0 Å². The summed E-state index contributed by atoms with van der Waals surface area (Å²) in [6.07, 6.45) is 5.01. The third kappa shape index (κ3) is 4.12. The Morgan fingerprint density at radius 3 is 1.65 bits per heavy atom. The highest BCUT2D eigenvalue weighted by atomic mass is 16.3.